The Morgan fingerprint density at radius 3 is 2.76 bits per heavy atom. The highest BCUT2D eigenvalue weighted by atomic mass is 32.2. The number of H-pyrrole nitrogens is 1. The molecule has 0 atom stereocenters. The fourth-order valence-corrected chi connectivity index (χ4v) is 5.84. The van der Waals surface area contributed by atoms with Crippen LogP contribution >= 0.6 is 0 Å². The lowest BCUT2D eigenvalue weighted by Crippen LogP contribution is -2.23. The zero-order valence-corrected chi connectivity index (χ0v) is 20.9. The lowest BCUT2D eigenvalue weighted by Gasteiger charge is -2.35. The van der Waals surface area contributed by atoms with E-state index in [1.54, 1.807) is 11.6 Å². The van der Waals surface area contributed by atoms with Gasteiger partial charge in [-0.1, -0.05) is 13.8 Å². The van der Waals surface area contributed by atoms with Crippen LogP contribution in [-0.2, 0) is 9.84 Å². The van der Waals surface area contributed by atoms with Crippen molar-refractivity contribution in [1.82, 2.24) is 24.6 Å². The van der Waals surface area contributed by atoms with Crippen molar-refractivity contribution in [2.24, 2.45) is 5.92 Å². The standard InChI is InChI=1S/C25H31N5O3S/c1-15(2)22-23(18-12-21(33-3)25-26-14-27-30(25)13-18)29-20-8-7-19(28-24(20)22)17-10-16(11-17)6-5-9-34(4,31)32/h7-8,12-17,29H,5-6,9-11H2,1-4H3. The Morgan fingerprint density at radius 2 is 2.06 bits per heavy atom. The first-order chi connectivity index (χ1) is 16.2. The van der Waals surface area contributed by atoms with Gasteiger partial charge < -0.3 is 9.72 Å². The van der Waals surface area contributed by atoms with Crippen LogP contribution in [0.2, 0.25) is 0 Å². The number of hydrogen-bond acceptors (Lipinski definition) is 6. The predicted octanol–water partition coefficient (Wildman–Crippen LogP) is 4.72. The first-order valence-electron chi connectivity index (χ1n) is 11.8. The normalized spacial score (nSPS) is 18.6. The zero-order valence-electron chi connectivity index (χ0n) is 20.1. The van der Waals surface area contributed by atoms with Gasteiger partial charge in [0.1, 0.15) is 16.2 Å². The van der Waals surface area contributed by atoms with Crippen LogP contribution in [0.3, 0.4) is 0 Å². The molecule has 1 fully saturated rings. The number of fused-ring (bicyclic) bond motifs is 2. The van der Waals surface area contributed by atoms with Crippen molar-refractivity contribution in [3.8, 4) is 17.0 Å². The highest BCUT2D eigenvalue weighted by Crippen LogP contribution is 2.44. The van der Waals surface area contributed by atoms with E-state index in [0.29, 0.717) is 23.2 Å². The van der Waals surface area contributed by atoms with Gasteiger partial charge >= 0.3 is 0 Å². The minimum atomic E-state index is -2.87. The number of ether oxygens (including phenoxy) is 1. The molecule has 0 radical (unpaired) electrons. The molecule has 0 aromatic carbocycles. The van der Waals surface area contributed by atoms with Gasteiger partial charge in [-0.2, -0.15) is 5.10 Å². The van der Waals surface area contributed by atoms with E-state index in [4.69, 9.17) is 9.72 Å². The molecule has 0 amide bonds. The highest BCUT2D eigenvalue weighted by Gasteiger charge is 2.31. The number of aromatic amines is 1. The number of nitrogens with zero attached hydrogens (tertiary/aromatic N) is 4. The summed E-state index contributed by atoms with van der Waals surface area (Å²) in [6.07, 6.45) is 8.69. The number of nitrogens with one attached hydrogen (secondary N) is 1. The molecule has 0 aliphatic heterocycles. The fourth-order valence-electron chi connectivity index (χ4n) is 5.15. The summed E-state index contributed by atoms with van der Waals surface area (Å²) in [5, 5.41) is 4.30. The van der Waals surface area contributed by atoms with Gasteiger partial charge in [-0.05, 0) is 55.7 Å². The molecule has 1 saturated carbocycles. The van der Waals surface area contributed by atoms with Crippen molar-refractivity contribution in [3.63, 3.8) is 0 Å². The molecule has 1 aliphatic carbocycles. The van der Waals surface area contributed by atoms with Gasteiger partial charge in [0, 0.05) is 40.9 Å². The highest BCUT2D eigenvalue weighted by molar-refractivity contribution is 7.90. The second-order valence-corrected chi connectivity index (χ2v) is 12.1. The summed E-state index contributed by atoms with van der Waals surface area (Å²) < 4.78 is 30.1. The minimum Gasteiger partial charge on any atom is -0.493 e. The SMILES string of the molecule is COc1cc(-c2[nH]c3ccc(C4CC(CCCS(C)(=O)=O)C4)nc3c2C(C)C)cn2ncnc12. The number of hydrogen-bond donors (Lipinski definition) is 1. The Bertz CT molecular complexity index is 1450. The molecule has 0 bridgehead atoms. The monoisotopic (exact) mass is 481 g/mol. The molecule has 4 aromatic rings. The van der Waals surface area contributed by atoms with Gasteiger partial charge in [0.15, 0.2) is 11.4 Å². The number of sulfone groups is 1. The molecule has 0 spiro atoms. The third kappa shape index (κ3) is 4.29. The molecular weight excluding hydrogens is 450 g/mol. The Labute approximate surface area is 199 Å². The van der Waals surface area contributed by atoms with E-state index in [9.17, 15) is 8.42 Å². The molecule has 1 N–H and O–H groups in total. The molecule has 180 valence electrons. The third-order valence-corrected chi connectivity index (χ3v) is 7.94. The summed E-state index contributed by atoms with van der Waals surface area (Å²) in [5.41, 5.74) is 7.03. The summed E-state index contributed by atoms with van der Waals surface area (Å²) >= 11 is 0. The van der Waals surface area contributed by atoms with E-state index in [0.717, 1.165) is 53.7 Å². The average Bonchev–Trinajstić information content (AvgIpc) is 3.37. The Kier molecular flexibility index (Phi) is 5.83. The van der Waals surface area contributed by atoms with Crippen LogP contribution in [0.25, 0.3) is 27.9 Å². The zero-order chi connectivity index (χ0) is 24.0. The van der Waals surface area contributed by atoms with E-state index < -0.39 is 9.84 Å². The molecule has 1 aliphatic rings. The first kappa shape index (κ1) is 22.8. The first-order valence-corrected chi connectivity index (χ1v) is 13.9. The van der Waals surface area contributed by atoms with Gasteiger partial charge in [0.2, 0.25) is 0 Å². The van der Waals surface area contributed by atoms with Crippen LogP contribution in [0.1, 0.15) is 62.6 Å². The molecule has 0 unspecified atom stereocenters. The van der Waals surface area contributed by atoms with E-state index >= 15 is 0 Å². The molecule has 4 aromatic heterocycles. The topological polar surface area (TPSA) is 102 Å². The van der Waals surface area contributed by atoms with E-state index in [1.807, 2.05) is 12.3 Å². The fraction of sp³-hybridized carbons (Fsp3) is 0.480. The lowest BCUT2D eigenvalue weighted by molar-refractivity contribution is 0.243. The number of rotatable bonds is 8. The Morgan fingerprint density at radius 1 is 1.26 bits per heavy atom. The molecule has 5 rings (SSSR count). The van der Waals surface area contributed by atoms with Gasteiger partial charge in [0.25, 0.3) is 0 Å². The summed E-state index contributed by atoms with van der Waals surface area (Å²) in [6, 6.07) is 6.26. The van der Waals surface area contributed by atoms with Gasteiger partial charge in [-0.3, -0.25) is 4.98 Å². The second kappa shape index (κ2) is 8.69. The number of pyridine rings is 2. The largest absolute Gasteiger partial charge is 0.493 e. The Hall–Kier alpha value is -2.94. The van der Waals surface area contributed by atoms with Gasteiger partial charge in [0.05, 0.1) is 23.8 Å². The van der Waals surface area contributed by atoms with Crippen molar-refractivity contribution in [1.29, 1.82) is 0 Å². The summed E-state index contributed by atoms with van der Waals surface area (Å²) in [5.74, 6) is 2.27. The van der Waals surface area contributed by atoms with Gasteiger partial charge in [-0.25, -0.2) is 17.9 Å². The quantitative estimate of drug-likeness (QED) is 0.391. The van der Waals surface area contributed by atoms with Crippen molar-refractivity contribution < 1.29 is 13.2 Å². The predicted molar refractivity (Wildman–Crippen MR) is 133 cm³/mol. The smallest absolute Gasteiger partial charge is 0.197 e. The summed E-state index contributed by atoms with van der Waals surface area (Å²) in [4.78, 5) is 13.0. The van der Waals surface area contributed by atoms with Crippen LogP contribution in [0.5, 0.6) is 5.75 Å². The van der Waals surface area contributed by atoms with Crippen molar-refractivity contribution in [2.45, 2.75) is 51.4 Å². The van der Waals surface area contributed by atoms with Crippen LogP contribution in [-0.4, -0.2) is 52.1 Å². The van der Waals surface area contributed by atoms with E-state index in [-0.39, 0.29) is 11.7 Å². The molecule has 4 heterocycles. The Balaban J connectivity index is 1.44. The molecule has 8 nitrogen and oxygen atoms in total. The maximum absolute atomic E-state index is 11.4. The summed E-state index contributed by atoms with van der Waals surface area (Å²) in [7, 11) is -1.23. The van der Waals surface area contributed by atoms with Gasteiger partial charge in [-0.15, -0.1) is 0 Å². The van der Waals surface area contributed by atoms with Crippen LogP contribution in [0.4, 0.5) is 0 Å². The molecular formula is C25H31N5O3S. The molecule has 0 saturated heterocycles. The maximum atomic E-state index is 11.4. The maximum Gasteiger partial charge on any atom is 0.197 e. The third-order valence-electron chi connectivity index (χ3n) is 6.91. The van der Waals surface area contributed by atoms with Crippen LogP contribution in [0, 0.1) is 5.92 Å². The average molecular weight is 482 g/mol. The van der Waals surface area contributed by atoms with Crippen molar-refractivity contribution in [2.75, 3.05) is 19.1 Å². The van der Waals surface area contributed by atoms with Crippen molar-refractivity contribution >= 4 is 26.5 Å². The van der Waals surface area contributed by atoms with Crippen molar-refractivity contribution in [3.05, 3.63) is 42.0 Å². The van der Waals surface area contributed by atoms with Crippen LogP contribution in [0.15, 0.2) is 30.7 Å². The molecule has 34 heavy (non-hydrogen) atoms. The second-order valence-electron chi connectivity index (χ2n) is 9.83. The summed E-state index contributed by atoms with van der Waals surface area (Å²) in [6.45, 7) is 4.37. The molecule has 9 heteroatoms. The number of methoxy groups -OCH3 is 1. The minimum absolute atomic E-state index is 0.272. The van der Waals surface area contributed by atoms with E-state index in [2.05, 4.69) is 41.0 Å². The lowest BCUT2D eigenvalue weighted by atomic mass is 9.71. The van der Waals surface area contributed by atoms with E-state index in [1.165, 1.54) is 18.1 Å². The number of aromatic nitrogens is 5. The van der Waals surface area contributed by atoms with Crippen LogP contribution < -0.4 is 4.74 Å².